The summed E-state index contributed by atoms with van der Waals surface area (Å²) in [6.45, 7) is 0. The third-order valence-corrected chi connectivity index (χ3v) is 3.17. The van der Waals surface area contributed by atoms with E-state index in [4.69, 9.17) is 4.74 Å². The van der Waals surface area contributed by atoms with Crippen LogP contribution in [0.3, 0.4) is 0 Å². The smallest absolute Gasteiger partial charge is 0.273 e. The van der Waals surface area contributed by atoms with Gasteiger partial charge < -0.3 is 10.1 Å². The molecule has 7 heteroatoms. The summed E-state index contributed by atoms with van der Waals surface area (Å²) in [5.41, 5.74) is 2.04. The minimum absolute atomic E-state index is 0.0345. The number of nitrogens with zero attached hydrogens (tertiary/aromatic N) is 3. The van der Waals surface area contributed by atoms with Gasteiger partial charge in [-0.3, -0.25) is 10.1 Å². The summed E-state index contributed by atoms with van der Waals surface area (Å²) in [4.78, 5) is 19.2. The number of anilines is 2. The summed E-state index contributed by atoms with van der Waals surface area (Å²) >= 11 is 0. The van der Waals surface area contributed by atoms with Gasteiger partial charge in [-0.1, -0.05) is 12.1 Å². The van der Waals surface area contributed by atoms with Crippen molar-refractivity contribution in [3.8, 4) is 11.6 Å². The van der Waals surface area contributed by atoms with E-state index in [9.17, 15) is 10.1 Å². The van der Waals surface area contributed by atoms with Gasteiger partial charge in [0.2, 0.25) is 0 Å². The lowest BCUT2D eigenvalue weighted by molar-refractivity contribution is -0.384. The molecule has 2 heterocycles. The number of nitro benzene ring substituents is 1. The van der Waals surface area contributed by atoms with E-state index in [2.05, 4.69) is 15.3 Å². The normalized spacial score (nSPS) is 12.0. The molecule has 0 saturated heterocycles. The number of non-ortho nitro benzene ring substituents is 1. The fourth-order valence-corrected chi connectivity index (χ4v) is 2.18. The van der Waals surface area contributed by atoms with Crippen LogP contribution in [0.15, 0.2) is 42.5 Å². The third-order valence-electron chi connectivity index (χ3n) is 3.17. The molecule has 1 aromatic heterocycles. The first-order chi connectivity index (χ1) is 10.2. The van der Waals surface area contributed by atoms with E-state index in [1.54, 1.807) is 6.07 Å². The first-order valence-electron chi connectivity index (χ1n) is 6.21. The predicted octanol–water partition coefficient (Wildman–Crippen LogP) is 3.39. The van der Waals surface area contributed by atoms with Crippen molar-refractivity contribution >= 4 is 28.2 Å². The minimum Gasteiger partial charge on any atom is -0.433 e. The van der Waals surface area contributed by atoms with Crippen molar-refractivity contribution in [2.24, 2.45) is 0 Å². The Labute approximate surface area is 118 Å². The lowest BCUT2D eigenvalue weighted by Gasteiger charge is -2.19. The van der Waals surface area contributed by atoms with Crippen LogP contribution < -0.4 is 10.1 Å². The second kappa shape index (κ2) is 4.14. The maximum absolute atomic E-state index is 10.8. The molecule has 7 nitrogen and oxygen atoms in total. The molecule has 21 heavy (non-hydrogen) atoms. The predicted molar refractivity (Wildman–Crippen MR) is 76.0 cm³/mol. The summed E-state index contributed by atoms with van der Waals surface area (Å²) in [6, 6.07) is 11.8. The van der Waals surface area contributed by atoms with Gasteiger partial charge in [0.05, 0.1) is 27.7 Å². The van der Waals surface area contributed by atoms with Gasteiger partial charge in [0.1, 0.15) is 0 Å². The van der Waals surface area contributed by atoms with Crippen molar-refractivity contribution in [1.82, 2.24) is 9.97 Å². The van der Waals surface area contributed by atoms with Crippen LogP contribution in [-0.4, -0.2) is 14.9 Å². The summed E-state index contributed by atoms with van der Waals surface area (Å²) in [5.74, 6) is 1.16. The Morgan fingerprint density at radius 1 is 1.10 bits per heavy atom. The van der Waals surface area contributed by atoms with Crippen molar-refractivity contribution < 1.29 is 9.66 Å². The van der Waals surface area contributed by atoms with E-state index < -0.39 is 4.92 Å². The number of aromatic nitrogens is 2. The molecule has 1 aliphatic heterocycles. The van der Waals surface area contributed by atoms with E-state index in [1.807, 2.05) is 24.3 Å². The Hall–Kier alpha value is -3.22. The number of hydrogen-bond acceptors (Lipinski definition) is 6. The average molecular weight is 280 g/mol. The maximum atomic E-state index is 10.8. The van der Waals surface area contributed by atoms with E-state index >= 15 is 0 Å². The standard InChI is InChI=1S/C14H8N4O3/c19-18(20)8-5-6-11-12(7-8)21-14-13(16-11)15-9-3-1-2-4-10(9)17-14/h1-7H,(H,15,16). The Morgan fingerprint density at radius 3 is 2.62 bits per heavy atom. The average Bonchev–Trinajstić information content (AvgIpc) is 2.50. The van der Waals surface area contributed by atoms with Crippen LogP contribution in [0, 0.1) is 10.1 Å². The highest BCUT2D eigenvalue weighted by molar-refractivity contribution is 5.81. The minimum atomic E-state index is -0.467. The molecule has 0 spiro atoms. The Balaban J connectivity index is 1.84. The van der Waals surface area contributed by atoms with E-state index in [-0.39, 0.29) is 5.69 Å². The van der Waals surface area contributed by atoms with Gasteiger partial charge in [0, 0.05) is 6.07 Å². The zero-order valence-corrected chi connectivity index (χ0v) is 10.6. The van der Waals surface area contributed by atoms with Gasteiger partial charge >= 0.3 is 0 Å². The fraction of sp³-hybridized carbons (Fsp3) is 0. The summed E-state index contributed by atoms with van der Waals surface area (Å²) < 4.78 is 5.64. The van der Waals surface area contributed by atoms with Crippen molar-refractivity contribution in [1.29, 1.82) is 0 Å². The van der Waals surface area contributed by atoms with Gasteiger partial charge in [-0.15, -0.1) is 0 Å². The van der Waals surface area contributed by atoms with E-state index in [1.165, 1.54) is 12.1 Å². The van der Waals surface area contributed by atoms with Crippen LogP contribution in [-0.2, 0) is 0 Å². The molecule has 0 unspecified atom stereocenters. The molecule has 0 fully saturated rings. The molecule has 0 aliphatic carbocycles. The second-order valence-electron chi connectivity index (χ2n) is 4.53. The molecule has 0 radical (unpaired) electrons. The van der Waals surface area contributed by atoms with E-state index in [0.717, 1.165) is 5.52 Å². The molecule has 0 atom stereocenters. The molecule has 0 bridgehead atoms. The first-order valence-corrected chi connectivity index (χ1v) is 6.21. The molecular formula is C14H8N4O3. The van der Waals surface area contributed by atoms with Crippen LogP contribution in [0.2, 0.25) is 0 Å². The van der Waals surface area contributed by atoms with E-state index in [0.29, 0.717) is 28.7 Å². The zero-order chi connectivity index (χ0) is 14.4. The van der Waals surface area contributed by atoms with Crippen molar-refractivity contribution in [2.75, 3.05) is 5.32 Å². The number of para-hydroxylation sites is 2. The fourth-order valence-electron chi connectivity index (χ4n) is 2.18. The highest BCUT2D eigenvalue weighted by Gasteiger charge is 2.22. The summed E-state index contributed by atoms with van der Waals surface area (Å²) in [7, 11) is 0. The Kier molecular flexibility index (Phi) is 2.28. The highest BCUT2D eigenvalue weighted by Crippen LogP contribution is 2.41. The number of nitrogens with one attached hydrogen (secondary N) is 1. The number of nitro groups is 1. The van der Waals surface area contributed by atoms with Crippen LogP contribution in [0.1, 0.15) is 0 Å². The van der Waals surface area contributed by atoms with Gasteiger partial charge in [-0.05, 0) is 18.2 Å². The second-order valence-corrected chi connectivity index (χ2v) is 4.53. The zero-order valence-electron chi connectivity index (χ0n) is 10.6. The number of benzene rings is 2. The molecule has 0 saturated carbocycles. The monoisotopic (exact) mass is 280 g/mol. The lowest BCUT2D eigenvalue weighted by atomic mass is 10.2. The van der Waals surface area contributed by atoms with Crippen molar-refractivity contribution in [2.45, 2.75) is 0 Å². The van der Waals surface area contributed by atoms with Crippen molar-refractivity contribution in [3.63, 3.8) is 0 Å². The molecule has 1 aliphatic rings. The number of fused-ring (bicyclic) bond motifs is 3. The highest BCUT2D eigenvalue weighted by atomic mass is 16.6. The SMILES string of the molecule is O=[N+]([O-])c1ccc2c(c1)Oc1nc3ccccc3nc1N2. The van der Waals surface area contributed by atoms with Crippen LogP contribution in [0.5, 0.6) is 11.6 Å². The quantitative estimate of drug-likeness (QED) is 0.424. The third kappa shape index (κ3) is 1.83. The Morgan fingerprint density at radius 2 is 1.86 bits per heavy atom. The Bertz CT molecular complexity index is 895. The van der Waals surface area contributed by atoms with Gasteiger partial charge in [-0.25, -0.2) is 9.97 Å². The molecule has 0 amide bonds. The summed E-state index contributed by atoms with van der Waals surface area (Å²) in [5, 5.41) is 13.9. The number of ether oxygens (including phenoxy) is 1. The first kappa shape index (κ1) is 11.6. The lowest BCUT2D eigenvalue weighted by Crippen LogP contribution is -2.07. The molecule has 1 N–H and O–H groups in total. The topological polar surface area (TPSA) is 90.2 Å². The van der Waals surface area contributed by atoms with Gasteiger partial charge in [0.25, 0.3) is 11.6 Å². The van der Waals surface area contributed by atoms with Crippen LogP contribution in [0.25, 0.3) is 11.0 Å². The van der Waals surface area contributed by atoms with Crippen molar-refractivity contribution in [3.05, 3.63) is 52.6 Å². The molecule has 4 rings (SSSR count). The van der Waals surface area contributed by atoms with Gasteiger partial charge in [0.15, 0.2) is 11.6 Å². The molecule has 102 valence electrons. The molecule has 2 aromatic carbocycles. The molecule has 3 aromatic rings. The molecular weight excluding hydrogens is 272 g/mol. The van der Waals surface area contributed by atoms with Crippen LogP contribution >= 0.6 is 0 Å². The largest absolute Gasteiger partial charge is 0.433 e. The number of hydrogen-bond donors (Lipinski definition) is 1. The summed E-state index contributed by atoms with van der Waals surface area (Å²) in [6.07, 6.45) is 0. The maximum Gasteiger partial charge on any atom is 0.273 e. The number of rotatable bonds is 1. The van der Waals surface area contributed by atoms with Crippen LogP contribution in [0.4, 0.5) is 17.2 Å². The van der Waals surface area contributed by atoms with Gasteiger partial charge in [-0.2, -0.15) is 0 Å².